The minimum absolute atomic E-state index is 0.265. The summed E-state index contributed by atoms with van der Waals surface area (Å²) in [4.78, 5) is 10.7. The third-order valence-electron chi connectivity index (χ3n) is 2.22. The lowest BCUT2D eigenvalue weighted by Gasteiger charge is -2.09. The molecule has 0 aromatic heterocycles. The van der Waals surface area contributed by atoms with Gasteiger partial charge in [-0.2, -0.15) is 15.8 Å². The number of rotatable bonds is 3. The number of hydrogen-bond acceptors (Lipinski definition) is 5. The molecule has 0 saturated heterocycles. The van der Waals surface area contributed by atoms with E-state index in [4.69, 9.17) is 20.9 Å². The lowest BCUT2D eigenvalue weighted by atomic mass is 10.1. The lowest BCUT2D eigenvalue weighted by Crippen LogP contribution is -2.11. The Kier molecular flexibility index (Phi) is 4.51. The molecule has 0 spiro atoms. The average Bonchev–Trinajstić information content (AvgIpc) is 2.44. The molecule has 0 aliphatic rings. The van der Waals surface area contributed by atoms with E-state index in [0.29, 0.717) is 0 Å². The molecule has 0 amide bonds. The maximum absolute atomic E-state index is 13.8. The smallest absolute Gasteiger partial charge is 0.341 e. The second-order valence-corrected chi connectivity index (χ2v) is 3.42. The summed E-state index contributed by atoms with van der Waals surface area (Å²) in [5.74, 6) is -7.32. The number of carboxylic acids is 1. The maximum Gasteiger partial charge on any atom is 0.341 e. The molecule has 0 saturated carbocycles. The predicted molar refractivity (Wildman–Crippen MR) is 60.8 cm³/mol. The number of allylic oxidation sites excluding steroid dienone is 2. The number of aromatic carboxylic acids is 1. The van der Waals surface area contributed by atoms with Gasteiger partial charge in [-0.25, -0.2) is 18.0 Å². The first-order valence-corrected chi connectivity index (χ1v) is 4.99. The lowest BCUT2D eigenvalue weighted by molar-refractivity contribution is 0.0685. The molecule has 0 fully saturated rings. The van der Waals surface area contributed by atoms with E-state index in [1.807, 2.05) is 5.32 Å². The third kappa shape index (κ3) is 2.91. The predicted octanol–water partition coefficient (Wildman–Crippen LogP) is 2.04. The van der Waals surface area contributed by atoms with E-state index >= 15 is 0 Å². The number of halogens is 3. The van der Waals surface area contributed by atoms with Gasteiger partial charge in [-0.1, -0.05) is 0 Å². The van der Waals surface area contributed by atoms with Crippen LogP contribution in [0.3, 0.4) is 0 Å². The molecule has 9 heteroatoms. The summed E-state index contributed by atoms with van der Waals surface area (Å²) in [5.41, 5.74) is -3.93. The highest BCUT2D eigenvalue weighted by molar-refractivity contribution is 5.90. The number of benzene rings is 1. The Balaban J connectivity index is 3.53. The minimum Gasteiger partial charge on any atom is -0.477 e. The Labute approximate surface area is 115 Å². The largest absolute Gasteiger partial charge is 0.477 e. The van der Waals surface area contributed by atoms with E-state index in [0.717, 1.165) is 0 Å². The van der Waals surface area contributed by atoms with Crippen LogP contribution in [0.1, 0.15) is 10.4 Å². The average molecular weight is 292 g/mol. The topological polar surface area (TPSA) is 121 Å². The van der Waals surface area contributed by atoms with Crippen LogP contribution in [0.2, 0.25) is 0 Å². The van der Waals surface area contributed by atoms with Gasteiger partial charge in [0.05, 0.1) is 5.69 Å². The van der Waals surface area contributed by atoms with Crippen LogP contribution >= 0.6 is 0 Å². The van der Waals surface area contributed by atoms with Crippen molar-refractivity contribution in [3.8, 4) is 18.2 Å². The van der Waals surface area contributed by atoms with Crippen LogP contribution in [0.5, 0.6) is 0 Å². The van der Waals surface area contributed by atoms with E-state index < -0.39 is 45.9 Å². The van der Waals surface area contributed by atoms with E-state index in [1.165, 1.54) is 18.2 Å². The van der Waals surface area contributed by atoms with Gasteiger partial charge in [0.2, 0.25) is 0 Å². The number of carbonyl (C=O) groups is 1. The highest BCUT2D eigenvalue weighted by Crippen LogP contribution is 2.25. The van der Waals surface area contributed by atoms with E-state index in [-0.39, 0.29) is 6.07 Å². The van der Waals surface area contributed by atoms with Gasteiger partial charge in [0, 0.05) is 6.07 Å². The van der Waals surface area contributed by atoms with Crippen molar-refractivity contribution in [3.05, 3.63) is 40.4 Å². The van der Waals surface area contributed by atoms with E-state index in [2.05, 4.69) is 0 Å². The summed E-state index contributed by atoms with van der Waals surface area (Å²) in [7, 11) is 0. The van der Waals surface area contributed by atoms with Crippen molar-refractivity contribution in [2.75, 3.05) is 5.32 Å². The van der Waals surface area contributed by atoms with Gasteiger partial charge in [0.15, 0.2) is 23.0 Å². The first-order chi connectivity index (χ1) is 9.87. The molecule has 0 unspecified atom stereocenters. The SMILES string of the molecule is N#CC(C#N)=C(C#N)Nc1cc(F)c(F)c(C(=O)O)c1F. The number of nitrogens with zero attached hydrogens (tertiary/aromatic N) is 3. The van der Waals surface area contributed by atoms with Crippen LogP contribution in [0.15, 0.2) is 17.3 Å². The van der Waals surface area contributed by atoms with Gasteiger partial charge in [-0.05, 0) is 0 Å². The molecule has 2 N–H and O–H groups in total. The van der Waals surface area contributed by atoms with Crippen LogP contribution in [-0.2, 0) is 0 Å². The molecule has 104 valence electrons. The highest BCUT2D eigenvalue weighted by atomic mass is 19.2. The van der Waals surface area contributed by atoms with Gasteiger partial charge in [-0.3, -0.25) is 0 Å². The first kappa shape index (κ1) is 15.5. The van der Waals surface area contributed by atoms with Crippen molar-refractivity contribution in [1.29, 1.82) is 15.8 Å². The van der Waals surface area contributed by atoms with Gasteiger partial charge < -0.3 is 10.4 Å². The molecule has 1 rings (SSSR count). The Bertz CT molecular complexity index is 766. The molecule has 0 aliphatic carbocycles. The maximum atomic E-state index is 13.8. The van der Waals surface area contributed by atoms with Crippen molar-refractivity contribution >= 4 is 11.7 Å². The number of anilines is 1. The summed E-state index contributed by atoms with van der Waals surface area (Å²) >= 11 is 0. The molecule has 0 aliphatic heterocycles. The highest BCUT2D eigenvalue weighted by Gasteiger charge is 2.24. The van der Waals surface area contributed by atoms with E-state index in [1.54, 1.807) is 0 Å². The van der Waals surface area contributed by atoms with E-state index in [9.17, 15) is 18.0 Å². The number of nitrogens with one attached hydrogen (secondary N) is 1. The van der Waals surface area contributed by atoms with Crippen LogP contribution in [0.25, 0.3) is 0 Å². The second kappa shape index (κ2) is 6.09. The molecule has 1 aromatic carbocycles. The summed E-state index contributed by atoms with van der Waals surface area (Å²) < 4.78 is 40.2. The summed E-state index contributed by atoms with van der Waals surface area (Å²) in [6.07, 6.45) is 0. The van der Waals surface area contributed by atoms with Gasteiger partial charge in [-0.15, -0.1) is 0 Å². The summed E-state index contributed by atoms with van der Waals surface area (Å²) in [5, 5.41) is 36.4. The zero-order chi connectivity index (χ0) is 16.2. The Morgan fingerprint density at radius 2 is 1.67 bits per heavy atom. The molecule has 1 aromatic rings. The zero-order valence-corrected chi connectivity index (χ0v) is 9.91. The second-order valence-electron chi connectivity index (χ2n) is 3.42. The molecule has 6 nitrogen and oxygen atoms in total. The Hall–Kier alpha value is -3.51. The molecule has 0 heterocycles. The van der Waals surface area contributed by atoms with Crippen molar-refractivity contribution in [1.82, 2.24) is 0 Å². The molecule has 0 radical (unpaired) electrons. The van der Waals surface area contributed by atoms with Gasteiger partial charge >= 0.3 is 5.97 Å². The Morgan fingerprint density at radius 3 is 2.10 bits per heavy atom. The summed E-state index contributed by atoms with van der Waals surface area (Å²) in [6.45, 7) is 0. The molecule has 0 atom stereocenters. The standard InChI is InChI=1S/C12H3F3N4O2/c13-6-1-7(11(15)9(10(6)14)12(20)21)19-8(4-18)5(2-16)3-17/h1,19H,(H,20,21). The fourth-order valence-corrected chi connectivity index (χ4v) is 1.30. The zero-order valence-electron chi connectivity index (χ0n) is 9.91. The molecular formula is C12H3F3N4O2. The van der Waals surface area contributed by atoms with Crippen molar-refractivity contribution in [2.24, 2.45) is 0 Å². The third-order valence-corrected chi connectivity index (χ3v) is 2.22. The fraction of sp³-hybridized carbons (Fsp3) is 0. The monoisotopic (exact) mass is 292 g/mol. The molecular weight excluding hydrogens is 289 g/mol. The minimum atomic E-state index is -2.06. The van der Waals surface area contributed by atoms with Crippen LogP contribution < -0.4 is 5.32 Å². The van der Waals surface area contributed by atoms with Crippen LogP contribution in [0, 0.1) is 51.4 Å². The van der Waals surface area contributed by atoms with Crippen molar-refractivity contribution in [3.63, 3.8) is 0 Å². The number of hydrogen-bond donors (Lipinski definition) is 2. The van der Waals surface area contributed by atoms with Gasteiger partial charge in [0.1, 0.15) is 29.5 Å². The quantitative estimate of drug-likeness (QED) is 0.649. The number of nitriles is 3. The normalized spacial score (nSPS) is 8.95. The van der Waals surface area contributed by atoms with Crippen molar-refractivity contribution < 1.29 is 23.1 Å². The first-order valence-electron chi connectivity index (χ1n) is 4.99. The Morgan fingerprint density at radius 1 is 1.10 bits per heavy atom. The summed E-state index contributed by atoms with van der Waals surface area (Å²) in [6, 6.07) is 4.29. The molecule has 0 bridgehead atoms. The fourth-order valence-electron chi connectivity index (χ4n) is 1.30. The molecule has 21 heavy (non-hydrogen) atoms. The van der Waals surface area contributed by atoms with Crippen LogP contribution in [-0.4, -0.2) is 11.1 Å². The van der Waals surface area contributed by atoms with Crippen LogP contribution in [0.4, 0.5) is 18.9 Å². The van der Waals surface area contributed by atoms with Gasteiger partial charge in [0.25, 0.3) is 0 Å². The number of carboxylic acid groups (broad SMARTS) is 1. The van der Waals surface area contributed by atoms with Crippen molar-refractivity contribution in [2.45, 2.75) is 0 Å².